The predicted molar refractivity (Wildman–Crippen MR) is 100 cm³/mol. The van der Waals surface area contributed by atoms with Crippen molar-refractivity contribution in [3.8, 4) is 22.8 Å². The van der Waals surface area contributed by atoms with Crippen molar-refractivity contribution in [1.29, 1.82) is 0 Å². The molecule has 0 saturated heterocycles. The van der Waals surface area contributed by atoms with Crippen molar-refractivity contribution in [2.75, 3.05) is 7.11 Å². The molecule has 0 saturated carbocycles. The quantitative estimate of drug-likeness (QED) is 0.472. The number of rotatable bonds is 5. The van der Waals surface area contributed by atoms with Crippen LogP contribution in [0.2, 0.25) is 0 Å². The van der Waals surface area contributed by atoms with E-state index < -0.39 is 11.6 Å². The van der Waals surface area contributed by atoms with E-state index in [1.807, 2.05) is 18.2 Å². The highest BCUT2D eigenvalue weighted by atomic mass is 16.5. The number of phenolic OH excluding ortho intramolecular Hbond substituents is 1. The zero-order valence-electron chi connectivity index (χ0n) is 14.3. The van der Waals surface area contributed by atoms with Gasteiger partial charge in [-0.1, -0.05) is 30.3 Å². The number of nitrogens with one attached hydrogen (secondary N) is 2. The molecule has 8 heteroatoms. The molecule has 3 rings (SSSR count). The van der Waals surface area contributed by atoms with Gasteiger partial charge in [-0.25, -0.2) is 10.2 Å². The molecular weight excluding hydrogens is 348 g/mol. The summed E-state index contributed by atoms with van der Waals surface area (Å²) in [6.45, 7) is 0. The maximum absolute atomic E-state index is 12.3. The van der Waals surface area contributed by atoms with Gasteiger partial charge in [0.15, 0.2) is 11.5 Å². The number of carbonyl (C=O) groups is 1. The lowest BCUT2D eigenvalue weighted by atomic mass is 10.1. The van der Waals surface area contributed by atoms with E-state index >= 15 is 0 Å². The summed E-state index contributed by atoms with van der Waals surface area (Å²) in [5, 5.41) is 13.4. The smallest absolute Gasteiger partial charge is 0.346 e. The van der Waals surface area contributed by atoms with Crippen LogP contribution in [0, 0.1) is 0 Å². The van der Waals surface area contributed by atoms with Crippen molar-refractivity contribution in [2.24, 2.45) is 5.10 Å². The maximum Gasteiger partial charge on any atom is 0.346 e. The van der Waals surface area contributed by atoms with Crippen molar-refractivity contribution >= 4 is 12.1 Å². The summed E-state index contributed by atoms with van der Waals surface area (Å²) in [6.07, 6.45) is 1.39. The Kier molecular flexibility index (Phi) is 5.27. The number of amides is 1. The lowest BCUT2D eigenvalue weighted by molar-refractivity contribution is 0.0949. The summed E-state index contributed by atoms with van der Waals surface area (Å²) in [7, 11) is 1.43. The molecule has 0 aliphatic carbocycles. The van der Waals surface area contributed by atoms with E-state index in [1.54, 1.807) is 24.3 Å². The summed E-state index contributed by atoms with van der Waals surface area (Å²) < 4.78 is 5.01. The number of carbonyl (C=O) groups excluding carboxylic acids is 1. The Morgan fingerprint density at radius 1 is 1.22 bits per heavy atom. The van der Waals surface area contributed by atoms with Crippen LogP contribution in [0.1, 0.15) is 16.1 Å². The van der Waals surface area contributed by atoms with E-state index in [4.69, 9.17) is 4.74 Å². The minimum absolute atomic E-state index is 0.00138. The van der Waals surface area contributed by atoms with Gasteiger partial charge in [0.2, 0.25) is 0 Å². The number of nitrogens with zero attached hydrogens (tertiary/aromatic N) is 2. The highest BCUT2D eigenvalue weighted by Crippen LogP contribution is 2.25. The van der Waals surface area contributed by atoms with Gasteiger partial charge < -0.3 is 14.8 Å². The van der Waals surface area contributed by atoms with Gasteiger partial charge in [0.05, 0.1) is 19.0 Å². The molecule has 0 unspecified atom stereocenters. The standard InChI is InChI=1S/C19H16N4O4/c1-27-17-9-12(7-8-16(17)24)11-20-23-18(25)15-10-14(21-19(26)22-15)13-5-3-2-4-6-13/h2-11,24H,1H3,(H,23,25)(H,21,22,26)/b20-11+. The van der Waals surface area contributed by atoms with E-state index in [9.17, 15) is 14.7 Å². The third-order valence-electron chi connectivity index (χ3n) is 3.64. The number of aromatic hydroxyl groups is 1. The Labute approximate surface area is 154 Å². The number of phenols is 1. The van der Waals surface area contributed by atoms with Gasteiger partial charge in [0, 0.05) is 5.56 Å². The first-order valence-corrected chi connectivity index (χ1v) is 7.94. The number of hydrazone groups is 1. The van der Waals surface area contributed by atoms with Crippen molar-refractivity contribution in [3.05, 3.63) is 76.3 Å². The average Bonchev–Trinajstić information content (AvgIpc) is 2.69. The largest absolute Gasteiger partial charge is 0.504 e. The molecule has 0 bridgehead atoms. The minimum Gasteiger partial charge on any atom is -0.504 e. The first-order chi connectivity index (χ1) is 13.1. The number of H-pyrrole nitrogens is 1. The van der Waals surface area contributed by atoms with Gasteiger partial charge in [0.1, 0.15) is 5.69 Å². The maximum atomic E-state index is 12.3. The molecule has 1 amide bonds. The molecule has 2 aromatic carbocycles. The van der Waals surface area contributed by atoms with Crippen LogP contribution < -0.4 is 15.9 Å². The fraction of sp³-hybridized carbons (Fsp3) is 0.0526. The van der Waals surface area contributed by atoms with Gasteiger partial charge >= 0.3 is 5.69 Å². The minimum atomic E-state index is -0.631. The number of benzene rings is 2. The Hall–Kier alpha value is -3.94. The second-order valence-electron chi connectivity index (χ2n) is 5.48. The van der Waals surface area contributed by atoms with Gasteiger partial charge in [-0.2, -0.15) is 10.1 Å². The molecule has 1 heterocycles. The molecule has 0 aliphatic heterocycles. The summed E-state index contributed by atoms with van der Waals surface area (Å²) >= 11 is 0. The fourth-order valence-electron chi connectivity index (χ4n) is 2.34. The van der Waals surface area contributed by atoms with Gasteiger partial charge in [-0.15, -0.1) is 0 Å². The van der Waals surface area contributed by atoms with Crippen LogP contribution in [0.15, 0.2) is 64.5 Å². The first-order valence-electron chi connectivity index (χ1n) is 7.94. The molecule has 3 aromatic rings. The predicted octanol–water partition coefficient (Wildman–Crippen LogP) is 1.91. The normalized spacial score (nSPS) is 10.7. The zero-order valence-corrected chi connectivity index (χ0v) is 14.3. The topological polar surface area (TPSA) is 117 Å². The van der Waals surface area contributed by atoms with Crippen molar-refractivity contribution in [3.63, 3.8) is 0 Å². The van der Waals surface area contributed by atoms with Crippen LogP contribution >= 0.6 is 0 Å². The third kappa shape index (κ3) is 4.37. The number of aromatic nitrogens is 2. The number of ether oxygens (including phenoxy) is 1. The molecule has 27 heavy (non-hydrogen) atoms. The molecular formula is C19H16N4O4. The fourth-order valence-corrected chi connectivity index (χ4v) is 2.34. The Morgan fingerprint density at radius 3 is 2.74 bits per heavy atom. The number of methoxy groups -OCH3 is 1. The van der Waals surface area contributed by atoms with E-state index in [-0.39, 0.29) is 17.2 Å². The lowest BCUT2D eigenvalue weighted by Gasteiger charge is -2.04. The molecule has 0 radical (unpaired) electrons. The third-order valence-corrected chi connectivity index (χ3v) is 3.64. The van der Waals surface area contributed by atoms with Crippen molar-refractivity contribution in [2.45, 2.75) is 0 Å². The first kappa shape index (κ1) is 17.9. The lowest BCUT2D eigenvalue weighted by Crippen LogP contribution is -2.24. The number of hydrogen-bond acceptors (Lipinski definition) is 6. The summed E-state index contributed by atoms with van der Waals surface area (Å²) in [4.78, 5) is 30.3. The number of hydrogen-bond donors (Lipinski definition) is 3. The zero-order chi connectivity index (χ0) is 19.2. The summed E-state index contributed by atoms with van der Waals surface area (Å²) in [5.74, 6) is -0.300. The van der Waals surface area contributed by atoms with Gasteiger partial charge in [0.25, 0.3) is 5.91 Å². The van der Waals surface area contributed by atoms with E-state index in [0.29, 0.717) is 11.3 Å². The molecule has 0 spiro atoms. The second kappa shape index (κ2) is 7.96. The Balaban J connectivity index is 1.77. The number of aromatic amines is 1. The van der Waals surface area contributed by atoms with Gasteiger partial charge in [-0.3, -0.25) is 4.79 Å². The van der Waals surface area contributed by atoms with Crippen LogP contribution in [0.25, 0.3) is 11.3 Å². The van der Waals surface area contributed by atoms with E-state index in [1.165, 1.54) is 25.5 Å². The van der Waals surface area contributed by atoms with E-state index in [0.717, 1.165) is 5.56 Å². The Morgan fingerprint density at radius 2 is 2.00 bits per heavy atom. The highest BCUT2D eigenvalue weighted by molar-refractivity contribution is 5.94. The molecule has 0 atom stereocenters. The molecule has 0 aliphatic rings. The van der Waals surface area contributed by atoms with Crippen molar-refractivity contribution in [1.82, 2.24) is 15.4 Å². The van der Waals surface area contributed by atoms with Crippen molar-refractivity contribution < 1.29 is 14.6 Å². The molecule has 0 fully saturated rings. The van der Waals surface area contributed by atoms with Crippen LogP contribution in [-0.4, -0.2) is 34.3 Å². The SMILES string of the molecule is COc1cc(/C=N/NC(=O)c2cc(-c3ccccc3)nc(=O)[nH]2)ccc1O. The average molecular weight is 364 g/mol. The molecule has 3 N–H and O–H groups in total. The molecule has 1 aromatic heterocycles. The Bertz CT molecular complexity index is 1050. The highest BCUT2D eigenvalue weighted by Gasteiger charge is 2.10. The van der Waals surface area contributed by atoms with Crippen LogP contribution in [-0.2, 0) is 0 Å². The van der Waals surface area contributed by atoms with Crippen LogP contribution in [0.3, 0.4) is 0 Å². The summed E-state index contributed by atoms with van der Waals surface area (Å²) in [5.41, 5.74) is 3.46. The summed E-state index contributed by atoms with van der Waals surface area (Å²) in [6, 6.07) is 15.2. The van der Waals surface area contributed by atoms with E-state index in [2.05, 4.69) is 20.5 Å². The monoisotopic (exact) mass is 364 g/mol. The molecule has 136 valence electrons. The van der Waals surface area contributed by atoms with Crippen LogP contribution in [0.5, 0.6) is 11.5 Å². The van der Waals surface area contributed by atoms with Crippen LogP contribution in [0.4, 0.5) is 0 Å². The molecule has 8 nitrogen and oxygen atoms in total. The second-order valence-corrected chi connectivity index (χ2v) is 5.48. The van der Waals surface area contributed by atoms with Gasteiger partial charge in [-0.05, 0) is 29.8 Å².